The molecule has 5 aliphatic rings. The van der Waals surface area contributed by atoms with Crippen LogP contribution < -0.4 is 24.6 Å². The number of aromatic nitrogens is 3. The van der Waals surface area contributed by atoms with E-state index in [0.717, 1.165) is 155 Å². The third-order valence-corrected chi connectivity index (χ3v) is 19.1. The number of phenols is 1. The molecule has 4 aromatic carbocycles. The minimum absolute atomic E-state index is 0.0162. The molecule has 462 valence electrons. The van der Waals surface area contributed by atoms with E-state index < -0.39 is 24.1 Å². The molecule has 1 saturated carbocycles. The van der Waals surface area contributed by atoms with Crippen LogP contribution in [0.3, 0.4) is 0 Å². The number of piperidine rings is 1. The van der Waals surface area contributed by atoms with Gasteiger partial charge in [0.05, 0.1) is 49.9 Å². The normalized spacial score (nSPS) is 19.0. The number of nitrogens with one attached hydrogen (secondary N) is 1. The van der Waals surface area contributed by atoms with Gasteiger partial charge in [0.15, 0.2) is 0 Å². The number of anilines is 2. The maximum absolute atomic E-state index is 14.5. The molecule has 11 rings (SSSR count). The standard InChI is InChI=1S/C66H82N10O10S/c1-5-59(78)73-30-32-74(33-31-73)61-53-25-29-75(57-39-47(77)38-46-16-9-10-17-49(46)57)41-54(53)68-65(70-61)86-43(2)40-72-27-23-48(24-28-72)84-36-34-83-35-37-85-58-22-21-51(50-18-11-12-19-52(50)58)55-42-87-63(67-55)56-20-13-26-76(56)64(80)60(45-14-7-6-8-15-45)69-62(79)44(3)71(4)66(81)82/h5,9-12,16-19,21-22,38-39,42-45,48,56,60,77H,1,6-8,13-15,20,23-37,40-41H2,2-4H3,(H,69,79)(H,81,82)/t43?,44?,56?,60-/m0/s1. The van der Waals surface area contributed by atoms with Crippen LogP contribution in [0.15, 0.2) is 90.8 Å². The van der Waals surface area contributed by atoms with Crippen molar-refractivity contribution >= 4 is 68.2 Å². The average Bonchev–Trinajstić information content (AvgIpc) is 3.53. The summed E-state index contributed by atoms with van der Waals surface area (Å²) in [6, 6.07) is 22.4. The monoisotopic (exact) mass is 1210 g/mol. The van der Waals surface area contributed by atoms with Crippen molar-refractivity contribution in [3.63, 3.8) is 0 Å². The number of nitrogens with zero attached hydrogens (tertiary/aromatic N) is 9. The Morgan fingerprint density at radius 2 is 1.55 bits per heavy atom. The number of rotatable bonds is 22. The number of phenolic OH excluding ortho intramolecular Hbond substituents is 1. The molecule has 6 heterocycles. The molecule has 2 aromatic heterocycles. The number of ether oxygens (including phenoxy) is 4. The highest BCUT2D eigenvalue weighted by molar-refractivity contribution is 7.10. The van der Waals surface area contributed by atoms with Gasteiger partial charge in [0.1, 0.15) is 47.1 Å². The van der Waals surface area contributed by atoms with Gasteiger partial charge in [-0.3, -0.25) is 24.2 Å². The summed E-state index contributed by atoms with van der Waals surface area (Å²) in [5.74, 6) is 1.18. The number of aromatic hydroxyl groups is 1. The first-order valence-corrected chi connectivity index (χ1v) is 32.0. The molecule has 4 aliphatic heterocycles. The number of amides is 4. The molecule has 1 aliphatic carbocycles. The van der Waals surface area contributed by atoms with Gasteiger partial charge in [0.2, 0.25) is 17.7 Å². The molecule has 3 N–H and O–H groups in total. The molecule has 6 aromatic rings. The van der Waals surface area contributed by atoms with Crippen LogP contribution >= 0.6 is 11.3 Å². The molecule has 0 spiro atoms. The number of likely N-dealkylation sites (tertiary alicyclic amines) is 2. The minimum Gasteiger partial charge on any atom is -0.508 e. The fourth-order valence-corrected chi connectivity index (χ4v) is 14.2. The second-order valence-electron chi connectivity index (χ2n) is 23.8. The molecule has 4 fully saturated rings. The first-order valence-electron chi connectivity index (χ1n) is 31.1. The zero-order valence-corrected chi connectivity index (χ0v) is 51.1. The number of carbonyl (C=O) groups is 4. The van der Waals surface area contributed by atoms with Crippen molar-refractivity contribution in [3.05, 3.63) is 107 Å². The lowest BCUT2D eigenvalue weighted by Crippen LogP contribution is -2.56. The Kier molecular flexibility index (Phi) is 19.7. The van der Waals surface area contributed by atoms with Crippen LogP contribution in [-0.2, 0) is 36.8 Å². The highest BCUT2D eigenvalue weighted by Gasteiger charge is 2.41. The van der Waals surface area contributed by atoms with E-state index in [4.69, 9.17) is 33.9 Å². The SMILES string of the molecule is C=CC(=O)N1CCN(c2nc(OC(C)CN3CCC(OCCOCCOc4ccc(-c5csc(C6CCCN6C(=O)[C@@H](NC(=O)C(C)N(C)C(=O)O)C6CCCCC6)n5)c5ccccc45)CC3)nc3c2CCN(c2cc(O)cc4ccccc24)C3)CC1. The van der Waals surface area contributed by atoms with Gasteiger partial charge in [0.25, 0.3) is 0 Å². The van der Waals surface area contributed by atoms with Gasteiger partial charge >= 0.3 is 12.1 Å². The van der Waals surface area contributed by atoms with Crippen molar-refractivity contribution in [2.45, 2.75) is 115 Å². The van der Waals surface area contributed by atoms with Gasteiger partial charge in [-0.05, 0) is 99.8 Å². The maximum Gasteiger partial charge on any atom is 0.407 e. The maximum atomic E-state index is 14.5. The second kappa shape index (κ2) is 28.1. The van der Waals surface area contributed by atoms with Gasteiger partial charge < -0.3 is 54.1 Å². The van der Waals surface area contributed by atoms with E-state index in [1.54, 1.807) is 24.3 Å². The number of benzene rings is 4. The van der Waals surface area contributed by atoms with E-state index in [9.17, 15) is 29.4 Å². The quantitative estimate of drug-likeness (QED) is 0.0427. The minimum atomic E-state index is -1.20. The Labute approximate surface area is 513 Å². The van der Waals surface area contributed by atoms with E-state index in [2.05, 4.69) is 57.1 Å². The Balaban J connectivity index is 0.638. The van der Waals surface area contributed by atoms with Gasteiger partial charge in [-0.1, -0.05) is 74.4 Å². The van der Waals surface area contributed by atoms with E-state index >= 15 is 0 Å². The van der Waals surface area contributed by atoms with Gasteiger partial charge in [-0.2, -0.15) is 9.97 Å². The molecule has 0 bridgehead atoms. The van der Waals surface area contributed by atoms with Crippen molar-refractivity contribution in [1.29, 1.82) is 0 Å². The highest BCUT2D eigenvalue weighted by atomic mass is 32.1. The number of likely N-dealkylation sites (N-methyl/N-ethyl adjacent to an activating group) is 1. The van der Waals surface area contributed by atoms with Crippen LogP contribution in [0.25, 0.3) is 32.8 Å². The van der Waals surface area contributed by atoms with Crippen molar-refractivity contribution in [2.75, 3.05) is 102 Å². The summed E-state index contributed by atoms with van der Waals surface area (Å²) in [6.07, 6.45) is 8.98. The summed E-state index contributed by atoms with van der Waals surface area (Å²) < 4.78 is 25.2. The molecule has 87 heavy (non-hydrogen) atoms. The zero-order valence-electron chi connectivity index (χ0n) is 50.3. The number of hydrogen-bond acceptors (Lipinski definition) is 16. The van der Waals surface area contributed by atoms with Crippen molar-refractivity contribution in [2.24, 2.45) is 5.92 Å². The second-order valence-corrected chi connectivity index (χ2v) is 24.7. The predicted molar refractivity (Wildman–Crippen MR) is 336 cm³/mol. The average molecular weight is 1210 g/mol. The smallest absolute Gasteiger partial charge is 0.407 e. The third kappa shape index (κ3) is 14.2. The lowest BCUT2D eigenvalue weighted by molar-refractivity contribution is -0.140. The fourth-order valence-electron chi connectivity index (χ4n) is 13.3. The largest absolute Gasteiger partial charge is 0.508 e. The summed E-state index contributed by atoms with van der Waals surface area (Å²) in [4.78, 5) is 79.0. The van der Waals surface area contributed by atoms with Crippen LogP contribution in [0, 0.1) is 5.92 Å². The Morgan fingerprint density at radius 1 is 0.805 bits per heavy atom. The van der Waals surface area contributed by atoms with Crippen LogP contribution in [0.1, 0.15) is 93.9 Å². The fraction of sp³-hybridized carbons (Fsp3) is 0.500. The van der Waals surface area contributed by atoms with Crippen LogP contribution in [-0.4, -0.2) is 185 Å². The van der Waals surface area contributed by atoms with E-state index in [0.29, 0.717) is 78.3 Å². The number of carboxylic acid groups (broad SMARTS) is 1. The Bertz CT molecular complexity index is 3420. The first-order chi connectivity index (χ1) is 42.3. The zero-order chi connectivity index (χ0) is 60.6. The van der Waals surface area contributed by atoms with Crippen LogP contribution in [0.5, 0.6) is 17.5 Å². The van der Waals surface area contributed by atoms with E-state index in [-0.39, 0.29) is 41.7 Å². The number of carbonyl (C=O) groups excluding carboxylic acids is 3. The number of hydrogen-bond donors (Lipinski definition) is 3. The molecule has 21 heteroatoms. The Morgan fingerprint density at radius 3 is 2.32 bits per heavy atom. The summed E-state index contributed by atoms with van der Waals surface area (Å²) >= 11 is 1.54. The number of thiazole rings is 1. The topological polar surface area (TPSA) is 216 Å². The summed E-state index contributed by atoms with van der Waals surface area (Å²) in [5.41, 5.74) is 4.76. The van der Waals surface area contributed by atoms with Crippen molar-refractivity contribution in [3.8, 4) is 28.8 Å². The molecule has 4 atom stereocenters. The van der Waals surface area contributed by atoms with Gasteiger partial charge in [-0.15, -0.1) is 11.3 Å². The lowest BCUT2D eigenvalue weighted by Gasteiger charge is -2.38. The van der Waals surface area contributed by atoms with E-state index in [1.807, 2.05) is 58.3 Å². The lowest BCUT2D eigenvalue weighted by atomic mass is 9.83. The summed E-state index contributed by atoms with van der Waals surface area (Å²) in [7, 11) is 1.37. The molecular weight excluding hydrogens is 1120 g/mol. The van der Waals surface area contributed by atoms with Crippen molar-refractivity contribution in [1.82, 2.24) is 39.9 Å². The Hall–Kier alpha value is -7.59. The molecule has 3 unspecified atom stereocenters. The van der Waals surface area contributed by atoms with Crippen LogP contribution in [0.4, 0.5) is 16.3 Å². The predicted octanol–water partition coefficient (Wildman–Crippen LogP) is 9.08. The highest BCUT2D eigenvalue weighted by Crippen LogP contribution is 2.41. The van der Waals surface area contributed by atoms with Crippen molar-refractivity contribution < 1.29 is 48.3 Å². The summed E-state index contributed by atoms with van der Waals surface area (Å²) in [5, 5.41) is 30.2. The molecule has 0 radical (unpaired) electrons. The third-order valence-electron chi connectivity index (χ3n) is 18.1. The van der Waals surface area contributed by atoms with Gasteiger partial charge in [-0.25, -0.2) is 9.78 Å². The number of fused-ring (bicyclic) bond motifs is 3. The molecule has 3 saturated heterocycles. The first kappa shape index (κ1) is 61.1. The molecule has 4 amide bonds. The molecular formula is C66H82N10O10S. The number of piperazine rings is 1. The van der Waals surface area contributed by atoms with E-state index in [1.165, 1.54) is 13.1 Å². The summed E-state index contributed by atoms with van der Waals surface area (Å²) in [6.45, 7) is 15.8. The molecule has 20 nitrogen and oxygen atoms in total. The van der Waals surface area contributed by atoms with Gasteiger partial charge in [0, 0.05) is 105 Å². The van der Waals surface area contributed by atoms with Crippen LogP contribution in [0.2, 0.25) is 0 Å².